The van der Waals surface area contributed by atoms with E-state index in [-0.39, 0.29) is 18.7 Å². The minimum absolute atomic E-state index is 0.0818. The minimum atomic E-state index is -0.766. The van der Waals surface area contributed by atoms with Gasteiger partial charge in [-0.1, -0.05) is 57.2 Å². The Morgan fingerprint density at radius 2 is 1.60 bits per heavy atom. The number of carboxylic acids is 1. The molecule has 0 radical (unpaired) electrons. The molecule has 1 heterocycles. The molecule has 2 N–H and O–H groups in total. The fourth-order valence-electron chi connectivity index (χ4n) is 6.14. The predicted molar refractivity (Wildman–Crippen MR) is 165 cm³/mol. The topological polar surface area (TPSA) is 82.1 Å². The van der Waals surface area contributed by atoms with E-state index in [0.717, 1.165) is 64.2 Å². The number of nitrogens with one attached hydrogen (secondary N) is 1. The third-order valence-electron chi connectivity index (χ3n) is 8.15. The number of ether oxygens (including phenoxy) is 1. The highest BCUT2D eigenvalue weighted by atomic mass is 19.1. The van der Waals surface area contributed by atoms with Crippen LogP contribution >= 0.6 is 0 Å². The van der Waals surface area contributed by atoms with Gasteiger partial charge in [-0.2, -0.15) is 0 Å². The normalized spacial score (nSPS) is 19.9. The maximum Gasteiger partial charge on any atom is 0.410 e. The first kappa shape index (κ1) is 34.5. The summed E-state index contributed by atoms with van der Waals surface area (Å²) in [5.74, 6) is -1.26. The monoisotopic (exact) mass is 601 g/mol. The lowest BCUT2D eigenvalue weighted by Crippen LogP contribution is -2.48. The summed E-state index contributed by atoms with van der Waals surface area (Å²) in [6, 6.07) is 15.0. The Balaban J connectivity index is 0.000000749. The fraction of sp³-hybridized carbons (Fsp3) is 0.588. The molecule has 238 valence electrons. The van der Waals surface area contributed by atoms with E-state index in [0.29, 0.717) is 30.4 Å². The van der Waals surface area contributed by atoms with Gasteiger partial charge in [0.25, 0.3) is 0 Å². The van der Waals surface area contributed by atoms with Gasteiger partial charge in [-0.3, -0.25) is 4.79 Å². The van der Waals surface area contributed by atoms with Crippen LogP contribution in [0.15, 0.2) is 54.6 Å². The number of likely N-dealkylation sites (tertiary alicyclic amines) is 1. The molecule has 2 aromatic rings. The van der Waals surface area contributed by atoms with Crippen molar-refractivity contribution < 1.29 is 28.2 Å². The lowest BCUT2D eigenvalue weighted by Gasteiger charge is -2.38. The molecule has 1 saturated heterocycles. The molecular weight excluding hydrogens is 552 g/mol. The molecule has 2 aromatic carbocycles. The first-order valence-electron chi connectivity index (χ1n) is 15.7. The van der Waals surface area contributed by atoms with Crippen LogP contribution in [0.3, 0.4) is 0 Å². The third-order valence-corrected chi connectivity index (χ3v) is 8.15. The van der Waals surface area contributed by atoms with Gasteiger partial charge in [0.1, 0.15) is 24.3 Å². The van der Waals surface area contributed by atoms with Crippen molar-refractivity contribution in [1.29, 1.82) is 0 Å². The average Bonchev–Trinajstić information content (AvgIpc) is 3.42. The Morgan fingerprint density at radius 3 is 2.14 bits per heavy atom. The smallest absolute Gasteiger partial charge is 0.410 e. The molecule has 4 rings (SSSR count). The lowest BCUT2D eigenvalue weighted by atomic mass is 10.00. The van der Waals surface area contributed by atoms with E-state index >= 15 is 0 Å². The summed E-state index contributed by atoms with van der Waals surface area (Å²) in [7, 11) is 0. The Kier molecular flexibility index (Phi) is 14.4. The molecule has 1 aliphatic heterocycles. The molecule has 1 amide bonds. The van der Waals surface area contributed by atoms with Crippen LogP contribution < -0.4 is 5.32 Å². The summed E-state index contributed by atoms with van der Waals surface area (Å²) >= 11 is 0. The van der Waals surface area contributed by atoms with Crippen molar-refractivity contribution in [3.05, 3.63) is 71.8 Å². The van der Waals surface area contributed by atoms with Crippen LogP contribution in [0.1, 0.15) is 71.3 Å². The zero-order valence-electron chi connectivity index (χ0n) is 25.9. The van der Waals surface area contributed by atoms with E-state index in [2.05, 4.69) is 10.2 Å². The number of nitrogens with zero attached hydrogens (tertiary/aromatic N) is 2. The van der Waals surface area contributed by atoms with Crippen molar-refractivity contribution >= 4 is 12.1 Å². The van der Waals surface area contributed by atoms with Crippen LogP contribution in [0.4, 0.5) is 13.6 Å². The van der Waals surface area contributed by atoms with Crippen LogP contribution in [-0.4, -0.2) is 71.3 Å². The molecule has 3 atom stereocenters. The molecule has 0 aromatic heterocycles. The van der Waals surface area contributed by atoms with Gasteiger partial charge in [0, 0.05) is 44.3 Å². The second-order valence-corrected chi connectivity index (χ2v) is 12.3. The predicted octanol–water partition coefficient (Wildman–Crippen LogP) is 6.72. The molecule has 43 heavy (non-hydrogen) atoms. The molecule has 0 bridgehead atoms. The van der Waals surface area contributed by atoms with Gasteiger partial charge in [0.15, 0.2) is 0 Å². The Labute approximate surface area is 255 Å². The summed E-state index contributed by atoms with van der Waals surface area (Å²) in [6.45, 7) is 9.31. The molecule has 0 spiro atoms. The second kappa shape index (κ2) is 17.9. The molecule has 9 heteroatoms. The Morgan fingerprint density at radius 1 is 1.00 bits per heavy atom. The van der Waals surface area contributed by atoms with Gasteiger partial charge in [-0.15, -0.1) is 0 Å². The van der Waals surface area contributed by atoms with Crippen molar-refractivity contribution in [2.75, 3.05) is 26.2 Å². The number of aliphatic carboxylic acids is 1. The number of carbonyl (C=O) groups is 2. The second-order valence-electron chi connectivity index (χ2n) is 12.3. The van der Waals surface area contributed by atoms with E-state index < -0.39 is 29.7 Å². The van der Waals surface area contributed by atoms with E-state index in [4.69, 9.17) is 4.74 Å². The van der Waals surface area contributed by atoms with Gasteiger partial charge in [-0.25, -0.2) is 13.6 Å². The SMILES string of the molecule is CCCN(C(=O)OCc1cc(F)cc(F)c1)C1CCN(CC2CCC(NC(CC(C)C)C(=O)O)C2)CC1.c1ccccc1. The van der Waals surface area contributed by atoms with Crippen LogP contribution in [-0.2, 0) is 16.1 Å². The number of rotatable bonds is 12. The highest BCUT2D eigenvalue weighted by molar-refractivity contribution is 5.73. The molecule has 2 aliphatic rings. The van der Waals surface area contributed by atoms with E-state index in [9.17, 15) is 23.5 Å². The summed E-state index contributed by atoms with van der Waals surface area (Å²) < 4.78 is 32.3. The van der Waals surface area contributed by atoms with E-state index in [1.807, 2.05) is 57.2 Å². The van der Waals surface area contributed by atoms with E-state index in [1.54, 1.807) is 4.90 Å². The van der Waals surface area contributed by atoms with Gasteiger partial charge >= 0.3 is 12.1 Å². The summed E-state index contributed by atoms with van der Waals surface area (Å²) in [6.07, 6.45) is 5.81. The number of carbonyl (C=O) groups excluding carboxylic acids is 1. The maximum absolute atomic E-state index is 13.4. The zero-order valence-corrected chi connectivity index (χ0v) is 25.9. The summed E-state index contributed by atoms with van der Waals surface area (Å²) in [5.41, 5.74) is 0.292. The maximum atomic E-state index is 13.4. The Bertz CT molecular complexity index is 1070. The number of hydrogen-bond donors (Lipinski definition) is 2. The van der Waals surface area contributed by atoms with Crippen molar-refractivity contribution in [3.63, 3.8) is 0 Å². The third kappa shape index (κ3) is 12.2. The summed E-state index contributed by atoms with van der Waals surface area (Å²) in [4.78, 5) is 28.7. The molecule has 7 nitrogen and oxygen atoms in total. The Hall–Kier alpha value is -3.04. The molecule has 1 saturated carbocycles. The largest absolute Gasteiger partial charge is 0.480 e. The van der Waals surface area contributed by atoms with Gasteiger partial charge < -0.3 is 25.0 Å². The van der Waals surface area contributed by atoms with Crippen LogP contribution in [0, 0.1) is 23.5 Å². The highest BCUT2D eigenvalue weighted by Gasteiger charge is 2.33. The zero-order chi connectivity index (χ0) is 31.2. The quantitative estimate of drug-likeness (QED) is 0.281. The lowest BCUT2D eigenvalue weighted by molar-refractivity contribution is -0.140. The van der Waals surface area contributed by atoms with E-state index in [1.165, 1.54) is 12.1 Å². The average molecular weight is 602 g/mol. The first-order valence-corrected chi connectivity index (χ1v) is 15.7. The van der Waals surface area contributed by atoms with Crippen LogP contribution in [0.2, 0.25) is 0 Å². The first-order chi connectivity index (χ1) is 20.6. The van der Waals surface area contributed by atoms with Crippen molar-refractivity contribution in [2.45, 2.75) is 90.4 Å². The van der Waals surface area contributed by atoms with Crippen LogP contribution in [0.25, 0.3) is 0 Å². The number of benzene rings is 2. The number of amides is 1. The number of carboxylic acid groups (broad SMARTS) is 1. The standard InChI is InChI=1S/C28H43F2N3O4.C6H6/c1-4-9-33(28(36)37-18-21-13-22(29)16-23(30)14-21)25-7-10-32(11-8-25)17-20-5-6-24(15-20)31-26(27(34)35)12-19(2)3;1-2-4-6-5-3-1/h13-14,16,19-20,24-26,31H,4-12,15,17-18H2,1-3H3,(H,34,35);1-6H. The number of halogens is 2. The van der Waals surface area contributed by atoms with Gasteiger partial charge in [0.2, 0.25) is 0 Å². The number of hydrogen-bond acceptors (Lipinski definition) is 5. The number of piperidine rings is 1. The fourth-order valence-corrected chi connectivity index (χ4v) is 6.14. The minimum Gasteiger partial charge on any atom is -0.480 e. The molecule has 1 aliphatic carbocycles. The highest BCUT2D eigenvalue weighted by Crippen LogP contribution is 2.29. The van der Waals surface area contributed by atoms with Crippen molar-refractivity contribution in [1.82, 2.24) is 15.1 Å². The van der Waals surface area contributed by atoms with Gasteiger partial charge in [-0.05, 0) is 74.5 Å². The molecule has 2 fully saturated rings. The summed E-state index contributed by atoms with van der Waals surface area (Å²) in [5, 5.41) is 12.9. The van der Waals surface area contributed by atoms with Crippen molar-refractivity contribution in [3.8, 4) is 0 Å². The van der Waals surface area contributed by atoms with Gasteiger partial charge in [0.05, 0.1) is 0 Å². The molecular formula is C34H49F2N3O4. The van der Waals surface area contributed by atoms with Crippen molar-refractivity contribution in [2.24, 2.45) is 11.8 Å². The van der Waals surface area contributed by atoms with Crippen LogP contribution in [0.5, 0.6) is 0 Å². The molecule has 3 unspecified atom stereocenters.